The third-order valence-corrected chi connectivity index (χ3v) is 3.76. The Morgan fingerprint density at radius 2 is 2.18 bits per heavy atom. The molecule has 1 aromatic heterocycles. The van der Waals surface area contributed by atoms with Gasteiger partial charge in [-0.15, -0.1) is 11.3 Å². The van der Waals surface area contributed by atoms with E-state index in [2.05, 4.69) is 31.1 Å². The predicted octanol–water partition coefficient (Wildman–Crippen LogP) is 2.96. The van der Waals surface area contributed by atoms with Crippen LogP contribution in [0, 0.1) is 0 Å². The van der Waals surface area contributed by atoms with Crippen LogP contribution in [0.2, 0.25) is 0 Å². The van der Waals surface area contributed by atoms with Gasteiger partial charge >= 0.3 is 0 Å². The quantitative estimate of drug-likeness (QED) is 0.762. The maximum Gasteiger partial charge on any atom is 0.0981 e. The molecule has 1 N–H and O–H groups in total. The topological polar surface area (TPSA) is 34.1 Å². The molecule has 4 heteroatoms. The second kappa shape index (κ2) is 7.09. The van der Waals surface area contributed by atoms with Crippen LogP contribution in [0.15, 0.2) is 6.20 Å². The van der Waals surface area contributed by atoms with E-state index in [-0.39, 0.29) is 5.41 Å². The van der Waals surface area contributed by atoms with Gasteiger partial charge in [-0.2, -0.15) is 0 Å². The van der Waals surface area contributed by atoms with Crippen LogP contribution in [-0.2, 0) is 16.7 Å². The lowest BCUT2D eigenvalue weighted by atomic mass is 9.98. The van der Waals surface area contributed by atoms with Gasteiger partial charge in [0.05, 0.1) is 5.01 Å². The summed E-state index contributed by atoms with van der Waals surface area (Å²) in [6.45, 7) is 12.2. The van der Waals surface area contributed by atoms with Crippen molar-refractivity contribution >= 4 is 11.3 Å². The highest BCUT2D eigenvalue weighted by molar-refractivity contribution is 7.11. The molecule has 0 bridgehead atoms. The molecule has 17 heavy (non-hydrogen) atoms. The van der Waals surface area contributed by atoms with E-state index in [4.69, 9.17) is 4.74 Å². The van der Waals surface area contributed by atoms with Gasteiger partial charge < -0.3 is 10.1 Å². The van der Waals surface area contributed by atoms with Crippen LogP contribution in [0.5, 0.6) is 0 Å². The molecule has 1 aromatic rings. The first-order valence-electron chi connectivity index (χ1n) is 6.27. The Morgan fingerprint density at radius 3 is 2.76 bits per heavy atom. The highest BCUT2D eigenvalue weighted by Crippen LogP contribution is 2.26. The van der Waals surface area contributed by atoms with Crippen molar-refractivity contribution in [3.63, 3.8) is 0 Å². The Labute approximate surface area is 109 Å². The molecule has 1 rings (SSSR count). The molecule has 0 spiro atoms. The van der Waals surface area contributed by atoms with Crippen LogP contribution in [0.1, 0.15) is 44.0 Å². The molecule has 0 aromatic carbocycles. The van der Waals surface area contributed by atoms with Gasteiger partial charge in [0.1, 0.15) is 0 Å². The van der Waals surface area contributed by atoms with Crippen LogP contribution in [-0.4, -0.2) is 24.7 Å². The Hall–Kier alpha value is -0.450. The molecule has 0 radical (unpaired) electrons. The number of rotatable bonds is 7. The molecule has 0 fully saturated rings. The molecular weight excluding hydrogens is 232 g/mol. The molecular formula is C13H24N2OS. The van der Waals surface area contributed by atoms with E-state index in [0.717, 1.165) is 32.7 Å². The minimum absolute atomic E-state index is 0.165. The van der Waals surface area contributed by atoms with Crippen LogP contribution >= 0.6 is 11.3 Å². The van der Waals surface area contributed by atoms with E-state index in [0.29, 0.717) is 0 Å². The Morgan fingerprint density at radius 1 is 1.41 bits per heavy atom. The number of ether oxygens (including phenoxy) is 1. The minimum atomic E-state index is 0.165. The minimum Gasteiger partial charge on any atom is -0.382 e. The van der Waals surface area contributed by atoms with Crippen LogP contribution < -0.4 is 5.32 Å². The smallest absolute Gasteiger partial charge is 0.0981 e. The monoisotopic (exact) mass is 256 g/mol. The first-order chi connectivity index (χ1) is 8.04. The van der Waals surface area contributed by atoms with Crippen molar-refractivity contribution in [1.29, 1.82) is 0 Å². The lowest BCUT2D eigenvalue weighted by Crippen LogP contribution is -2.15. The average Bonchev–Trinajstić information content (AvgIpc) is 2.71. The Balaban J connectivity index is 2.21. The fourth-order valence-electron chi connectivity index (χ4n) is 1.39. The zero-order valence-corrected chi connectivity index (χ0v) is 12.2. The summed E-state index contributed by atoms with van der Waals surface area (Å²) in [5, 5.41) is 4.63. The first kappa shape index (κ1) is 14.6. The molecule has 0 aliphatic rings. The molecule has 1 heterocycles. The molecule has 0 saturated carbocycles. The van der Waals surface area contributed by atoms with Crippen molar-refractivity contribution in [3.05, 3.63) is 16.1 Å². The maximum atomic E-state index is 5.28. The zero-order chi connectivity index (χ0) is 12.7. The van der Waals surface area contributed by atoms with Gasteiger partial charge in [-0.05, 0) is 19.9 Å². The lowest BCUT2D eigenvalue weighted by Gasteiger charge is -2.13. The molecule has 0 saturated heterocycles. The van der Waals surface area contributed by atoms with Crippen molar-refractivity contribution < 1.29 is 4.74 Å². The fourth-order valence-corrected chi connectivity index (χ4v) is 2.33. The van der Waals surface area contributed by atoms with Crippen molar-refractivity contribution in [2.75, 3.05) is 19.8 Å². The van der Waals surface area contributed by atoms with Crippen molar-refractivity contribution in [3.8, 4) is 0 Å². The summed E-state index contributed by atoms with van der Waals surface area (Å²) >= 11 is 1.80. The van der Waals surface area contributed by atoms with Crippen molar-refractivity contribution in [2.24, 2.45) is 0 Å². The van der Waals surface area contributed by atoms with Gasteiger partial charge in [-0.3, -0.25) is 0 Å². The second-order valence-electron chi connectivity index (χ2n) is 5.11. The molecule has 0 atom stereocenters. The van der Waals surface area contributed by atoms with Crippen LogP contribution in [0.4, 0.5) is 0 Å². The Kier molecular flexibility index (Phi) is 6.09. The third kappa shape index (κ3) is 5.61. The van der Waals surface area contributed by atoms with Gasteiger partial charge in [0.25, 0.3) is 0 Å². The number of aromatic nitrogens is 1. The molecule has 0 amide bonds. The molecule has 0 aliphatic heterocycles. The van der Waals surface area contributed by atoms with E-state index in [1.807, 2.05) is 13.1 Å². The standard InChI is InChI=1S/C13H24N2OS/c1-5-16-8-6-7-14-9-11-10-15-12(17-11)13(2,3)4/h10,14H,5-9H2,1-4H3. The van der Waals surface area contributed by atoms with Gasteiger partial charge in [-0.25, -0.2) is 4.98 Å². The largest absolute Gasteiger partial charge is 0.382 e. The summed E-state index contributed by atoms with van der Waals surface area (Å²) < 4.78 is 5.28. The SMILES string of the molecule is CCOCCCNCc1cnc(C(C)(C)C)s1. The van der Waals surface area contributed by atoms with Crippen molar-refractivity contribution in [1.82, 2.24) is 10.3 Å². The summed E-state index contributed by atoms with van der Waals surface area (Å²) in [6, 6.07) is 0. The molecule has 3 nitrogen and oxygen atoms in total. The van der Waals surface area contributed by atoms with Crippen LogP contribution in [0.25, 0.3) is 0 Å². The summed E-state index contributed by atoms with van der Waals surface area (Å²) in [5.74, 6) is 0. The summed E-state index contributed by atoms with van der Waals surface area (Å²) in [5.41, 5.74) is 0.165. The van der Waals surface area contributed by atoms with Crippen molar-refractivity contribution in [2.45, 2.75) is 46.1 Å². The number of thiazole rings is 1. The summed E-state index contributed by atoms with van der Waals surface area (Å²) in [6.07, 6.45) is 3.06. The predicted molar refractivity (Wildman–Crippen MR) is 73.6 cm³/mol. The second-order valence-corrected chi connectivity index (χ2v) is 6.22. The maximum absolute atomic E-state index is 5.28. The van der Waals surface area contributed by atoms with E-state index >= 15 is 0 Å². The van der Waals surface area contributed by atoms with Gasteiger partial charge in [0, 0.05) is 36.2 Å². The van der Waals surface area contributed by atoms with E-state index in [1.165, 1.54) is 9.88 Å². The first-order valence-corrected chi connectivity index (χ1v) is 7.09. The van der Waals surface area contributed by atoms with E-state index in [1.54, 1.807) is 11.3 Å². The average molecular weight is 256 g/mol. The number of hydrogen-bond donors (Lipinski definition) is 1. The lowest BCUT2D eigenvalue weighted by molar-refractivity contribution is 0.144. The van der Waals surface area contributed by atoms with Gasteiger partial charge in [-0.1, -0.05) is 20.8 Å². The number of nitrogens with zero attached hydrogens (tertiary/aromatic N) is 1. The summed E-state index contributed by atoms with van der Waals surface area (Å²) in [4.78, 5) is 5.78. The van der Waals surface area contributed by atoms with Gasteiger partial charge in [0.15, 0.2) is 0 Å². The normalized spacial score (nSPS) is 12.0. The van der Waals surface area contributed by atoms with E-state index < -0.39 is 0 Å². The highest BCUT2D eigenvalue weighted by Gasteiger charge is 2.17. The van der Waals surface area contributed by atoms with Crippen LogP contribution in [0.3, 0.4) is 0 Å². The fraction of sp³-hybridized carbons (Fsp3) is 0.769. The summed E-state index contributed by atoms with van der Waals surface area (Å²) in [7, 11) is 0. The Bertz CT molecular complexity index is 317. The van der Waals surface area contributed by atoms with E-state index in [9.17, 15) is 0 Å². The van der Waals surface area contributed by atoms with Gasteiger partial charge in [0.2, 0.25) is 0 Å². The molecule has 98 valence electrons. The number of hydrogen-bond acceptors (Lipinski definition) is 4. The number of nitrogens with one attached hydrogen (secondary N) is 1. The zero-order valence-electron chi connectivity index (χ0n) is 11.4. The molecule has 0 unspecified atom stereocenters. The third-order valence-electron chi connectivity index (χ3n) is 2.34. The molecule has 0 aliphatic carbocycles. The highest BCUT2D eigenvalue weighted by atomic mass is 32.1.